The van der Waals surface area contributed by atoms with E-state index in [9.17, 15) is 18.0 Å². The third-order valence-electron chi connectivity index (χ3n) is 3.84. The molecule has 1 saturated heterocycles. The van der Waals surface area contributed by atoms with Crippen LogP contribution in [0.1, 0.15) is 46.5 Å². The third-order valence-corrected chi connectivity index (χ3v) is 3.84. The van der Waals surface area contributed by atoms with Gasteiger partial charge in [0.2, 0.25) is 0 Å². The van der Waals surface area contributed by atoms with Crippen LogP contribution in [0.25, 0.3) is 0 Å². The zero-order valence-corrected chi connectivity index (χ0v) is 13.8. The highest BCUT2D eigenvalue weighted by atomic mass is 19.4. The summed E-state index contributed by atoms with van der Waals surface area (Å²) in [5.74, 6) is 0. The number of hydrogen-bond donors (Lipinski definition) is 0. The molecule has 2 unspecified atom stereocenters. The molecule has 2 rings (SSSR count). The molecule has 7 heteroatoms. The van der Waals surface area contributed by atoms with Gasteiger partial charge in [-0.3, -0.25) is 4.90 Å². The molecule has 0 aromatic heterocycles. The Hall–Kier alpha value is -1.24. The summed E-state index contributed by atoms with van der Waals surface area (Å²) >= 11 is 0. The van der Waals surface area contributed by atoms with Crippen molar-refractivity contribution in [1.82, 2.24) is 4.90 Å². The van der Waals surface area contributed by atoms with E-state index in [-0.39, 0.29) is 24.6 Å². The van der Waals surface area contributed by atoms with E-state index in [1.165, 1.54) is 0 Å². The first-order chi connectivity index (χ1) is 10.6. The Kier molecular flexibility index (Phi) is 5.28. The van der Waals surface area contributed by atoms with E-state index in [2.05, 4.69) is 0 Å². The average molecular weight is 335 g/mol. The highest BCUT2D eigenvalue weighted by molar-refractivity contribution is 5.70. The smallest absolute Gasteiger partial charge is 0.411 e. The van der Waals surface area contributed by atoms with Crippen LogP contribution in [0, 0.1) is 0 Å². The van der Waals surface area contributed by atoms with Crippen molar-refractivity contribution in [1.29, 1.82) is 0 Å². The maximum atomic E-state index is 12.3. The van der Waals surface area contributed by atoms with E-state index in [1.54, 1.807) is 25.7 Å². The van der Waals surface area contributed by atoms with Gasteiger partial charge in [-0.2, -0.15) is 13.2 Å². The fraction of sp³-hybridized carbons (Fsp3) is 0.812. The molecule has 2 atom stereocenters. The number of alkyl halides is 3. The first kappa shape index (κ1) is 18.1. The molecule has 2 heterocycles. The summed E-state index contributed by atoms with van der Waals surface area (Å²) in [6.07, 6.45) is -2.36. The molecule has 0 N–H and O–H groups in total. The molecule has 2 aliphatic heterocycles. The van der Waals surface area contributed by atoms with Gasteiger partial charge in [0.25, 0.3) is 0 Å². The van der Waals surface area contributed by atoms with Crippen molar-refractivity contribution in [3.05, 3.63) is 11.6 Å². The van der Waals surface area contributed by atoms with Crippen LogP contribution in [0.4, 0.5) is 18.0 Å². The van der Waals surface area contributed by atoms with Crippen molar-refractivity contribution in [2.24, 2.45) is 0 Å². The lowest BCUT2D eigenvalue weighted by atomic mass is 9.91. The van der Waals surface area contributed by atoms with Crippen LogP contribution < -0.4 is 0 Å². The van der Waals surface area contributed by atoms with Crippen LogP contribution >= 0.6 is 0 Å². The van der Waals surface area contributed by atoms with Gasteiger partial charge in [-0.25, -0.2) is 4.79 Å². The van der Waals surface area contributed by atoms with E-state index in [0.717, 1.165) is 5.57 Å². The fourth-order valence-corrected chi connectivity index (χ4v) is 2.99. The van der Waals surface area contributed by atoms with Crippen molar-refractivity contribution in [2.45, 2.75) is 70.3 Å². The molecule has 0 aromatic rings. The lowest BCUT2D eigenvalue weighted by Gasteiger charge is -2.44. The average Bonchev–Trinajstić information content (AvgIpc) is 2.33. The molecule has 0 saturated carbocycles. The SMILES string of the molecule is CC(C)(C)OC(=O)N1C2C=C(CCCC(F)(F)F)CC1COC2. The molecule has 2 bridgehead atoms. The number of carbonyl (C=O) groups excluding carboxylic acids is 1. The summed E-state index contributed by atoms with van der Waals surface area (Å²) in [5, 5.41) is 0. The first-order valence-electron chi connectivity index (χ1n) is 7.90. The normalized spacial score (nSPS) is 25.1. The minimum Gasteiger partial charge on any atom is -0.444 e. The van der Waals surface area contributed by atoms with Gasteiger partial charge >= 0.3 is 12.3 Å². The maximum absolute atomic E-state index is 12.3. The monoisotopic (exact) mass is 335 g/mol. The number of rotatable bonds is 3. The number of morpholine rings is 1. The molecule has 23 heavy (non-hydrogen) atoms. The minimum absolute atomic E-state index is 0.0854. The van der Waals surface area contributed by atoms with Crippen LogP contribution in [0.3, 0.4) is 0 Å². The highest BCUT2D eigenvalue weighted by Crippen LogP contribution is 2.32. The quantitative estimate of drug-likeness (QED) is 0.730. The van der Waals surface area contributed by atoms with E-state index in [4.69, 9.17) is 9.47 Å². The van der Waals surface area contributed by atoms with Crippen molar-refractivity contribution in [3.63, 3.8) is 0 Å². The van der Waals surface area contributed by atoms with Gasteiger partial charge in [0.1, 0.15) is 5.60 Å². The van der Waals surface area contributed by atoms with Crippen molar-refractivity contribution in [3.8, 4) is 0 Å². The van der Waals surface area contributed by atoms with E-state index < -0.39 is 18.2 Å². The molecule has 4 nitrogen and oxygen atoms in total. The Morgan fingerprint density at radius 2 is 2.04 bits per heavy atom. The molecule has 0 aliphatic carbocycles. The number of carbonyl (C=O) groups is 1. The number of hydrogen-bond acceptors (Lipinski definition) is 3. The van der Waals surface area contributed by atoms with E-state index in [1.807, 2.05) is 6.08 Å². The highest BCUT2D eigenvalue weighted by Gasteiger charge is 2.40. The van der Waals surface area contributed by atoms with Gasteiger partial charge in [0.05, 0.1) is 25.3 Å². The van der Waals surface area contributed by atoms with Crippen LogP contribution in [0.2, 0.25) is 0 Å². The van der Waals surface area contributed by atoms with Crippen LogP contribution in [-0.4, -0.2) is 48.1 Å². The van der Waals surface area contributed by atoms with Gasteiger partial charge in [-0.15, -0.1) is 0 Å². The zero-order valence-electron chi connectivity index (χ0n) is 13.8. The van der Waals surface area contributed by atoms with Crippen molar-refractivity contribution >= 4 is 6.09 Å². The van der Waals surface area contributed by atoms with E-state index >= 15 is 0 Å². The Labute approximate surface area is 134 Å². The largest absolute Gasteiger partial charge is 0.444 e. The Bertz CT molecular complexity index is 468. The molecule has 1 fully saturated rings. The number of amides is 1. The molecule has 0 radical (unpaired) electrons. The molecule has 1 amide bonds. The van der Waals surface area contributed by atoms with Crippen LogP contribution in [-0.2, 0) is 9.47 Å². The van der Waals surface area contributed by atoms with Gasteiger partial charge in [0, 0.05) is 6.42 Å². The van der Waals surface area contributed by atoms with Crippen LogP contribution in [0.15, 0.2) is 11.6 Å². The summed E-state index contributed by atoms with van der Waals surface area (Å²) in [6.45, 7) is 6.17. The lowest BCUT2D eigenvalue weighted by molar-refractivity contribution is -0.135. The second kappa shape index (κ2) is 6.71. The number of fused-ring (bicyclic) bond motifs is 2. The zero-order chi connectivity index (χ0) is 17.3. The molecule has 132 valence electrons. The van der Waals surface area contributed by atoms with Gasteiger partial charge in [-0.05, 0) is 40.0 Å². The predicted molar refractivity (Wildman–Crippen MR) is 79.1 cm³/mol. The van der Waals surface area contributed by atoms with Crippen LogP contribution in [0.5, 0.6) is 0 Å². The first-order valence-corrected chi connectivity index (χ1v) is 7.90. The van der Waals surface area contributed by atoms with Gasteiger partial charge < -0.3 is 9.47 Å². The molecule has 0 spiro atoms. The molecular weight excluding hydrogens is 311 g/mol. The Balaban J connectivity index is 2.00. The van der Waals surface area contributed by atoms with Gasteiger partial charge in [0.15, 0.2) is 0 Å². The standard InChI is InChI=1S/C16H24F3NO3/c1-15(2,3)23-14(21)20-12-7-11(5-4-6-16(17,18)19)8-13(20)10-22-9-12/h7,12-13H,4-6,8-10H2,1-3H3. The molecule has 0 aromatic carbocycles. The molecular formula is C16H24F3NO3. The minimum atomic E-state index is -4.11. The summed E-state index contributed by atoms with van der Waals surface area (Å²) in [6, 6.07) is -0.410. The van der Waals surface area contributed by atoms with Crippen molar-refractivity contribution < 1.29 is 27.4 Å². The topological polar surface area (TPSA) is 38.8 Å². The Morgan fingerprint density at radius 1 is 1.35 bits per heavy atom. The predicted octanol–water partition coefficient (Wildman–Crippen LogP) is 4.05. The third kappa shape index (κ3) is 5.41. The number of ether oxygens (including phenoxy) is 2. The number of halogens is 3. The Morgan fingerprint density at radius 3 is 2.61 bits per heavy atom. The second-order valence-electron chi connectivity index (χ2n) is 7.14. The van der Waals surface area contributed by atoms with Gasteiger partial charge in [-0.1, -0.05) is 11.6 Å². The summed E-state index contributed by atoms with van der Waals surface area (Å²) in [7, 11) is 0. The summed E-state index contributed by atoms with van der Waals surface area (Å²) in [4.78, 5) is 14.0. The summed E-state index contributed by atoms with van der Waals surface area (Å²) in [5.41, 5.74) is 0.399. The number of nitrogens with zero attached hydrogens (tertiary/aromatic N) is 1. The second-order valence-corrected chi connectivity index (χ2v) is 7.14. The van der Waals surface area contributed by atoms with E-state index in [0.29, 0.717) is 26.1 Å². The fourth-order valence-electron chi connectivity index (χ4n) is 2.99. The van der Waals surface area contributed by atoms with Crippen molar-refractivity contribution in [2.75, 3.05) is 13.2 Å². The summed E-state index contributed by atoms with van der Waals surface area (Å²) < 4.78 is 47.7. The maximum Gasteiger partial charge on any atom is 0.411 e. The molecule has 2 aliphatic rings. The lowest BCUT2D eigenvalue weighted by Crippen LogP contribution is -2.57.